The van der Waals surface area contributed by atoms with E-state index in [4.69, 9.17) is 4.74 Å². The van der Waals surface area contributed by atoms with Crippen molar-refractivity contribution in [3.63, 3.8) is 0 Å². The second-order valence-electron chi connectivity index (χ2n) is 7.54. The zero-order valence-corrected chi connectivity index (χ0v) is 12.7. The summed E-state index contributed by atoms with van der Waals surface area (Å²) >= 11 is 0. The van der Waals surface area contributed by atoms with Crippen LogP contribution in [0.3, 0.4) is 0 Å². The fraction of sp³-hybridized carbons (Fsp3) is 0.941. The Labute approximate surface area is 117 Å². The molecule has 0 amide bonds. The van der Waals surface area contributed by atoms with Gasteiger partial charge in [-0.15, -0.1) is 0 Å². The number of ether oxygens (including phenoxy) is 1. The smallest absolute Gasteiger partial charge is 0.138 e. The molecular weight excluding hydrogens is 236 g/mol. The first-order chi connectivity index (χ1) is 8.99. The Hall–Kier alpha value is -0.370. The van der Waals surface area contributed by atoms with Crippen molar-refractivity contribution in [2.24, 2.45) is 17.8 Å². The van der Waals surface area contributed by atoms with Crippen LogP contribution < -0.4 is 0 Å². The number of Topliss-reactive ketones (excluding diaryl/α,β-unsaturated/α-hetero) is 1. The molecule has 4 atom stereocenters. The number of unbranched alkanes of at least 4 members (excludes halogenated alkanes) is 1. The predicted octanol–water partition coefficient (Wildman–Crippen LogP) is 4.12. The minimum atomic E-state index is -0.0864. The van der Waals surface area contributed by atoms with Crippen LogP contribution in [-0.4, -0.2) is 17.0 Å². The lowest BCUT2D eigenvalue weighted by Gasteiger charge is -2.48. The van der Waals surface area contributed by atoms with Crippen LogP contribution in [0.15, 0.2) is 0 Å². The van der Waals surface area contributed by atoms with Gasteiger partial charge in [0.25, 0.3) is 0 Å². The third kappa shape index (κ3) is 1.98. The summed E-state index contributed by atoms with van der Waals surface area (Å²) < 4.78 is 6.62. The predicted molar refractivity (Wildman–Crippen MR) is 76.0 cm³/mol. The highest BCUT2D eigenvalue weighted by atomic mass is 16.5. The molecule has 3 fully saturated rings. The molecule has 19 heavy (non-hydrogen) atoms. The largest absolute Gasteiger partial charge is 0.368 e. The van der Waals surface area contributed by atoms with Crippen molar-refractivity contribution >= 4 is 5.78 Å². The lowest BCUT2D eigenvalue weighted by molar-refractivity contribution is -0.172. The number of hydrogen-bond donors (Lipinski definition) is 0. The van der Waals surface area contributed by atoms with Gasteiger partial charge in [0.2, 0.25) is 0 Å². The molecule has 0 aromatic heterocycles. The number of carbonyl (C=O) groups excluding carboxylic acids is 1. The van der Waals surface area contributed by atoms with E-state index in [1.165, 1.54) is 25.7 Å². The molecular formula is C17H28O2. The highest BCUT2D eigenvalue weighted by molar-refractivity contribution is 5.83. The van der Waals surface area contributed by atoms with E-state index in [1.807, 2.05) is 0 Å². The summed E-state index contributed by atoms with van der Waals surface area (Å²) in [5.74, 6) is 1.99. The van der Waals surface area contributed by atoms with Gasteiger partial charge in [-0.25, -0.2) is 0 Å². The summed E-state index contributed by atoms with van der Waals surface area (Å²) in [7, 11) is 0. The maximum absolute atomic E-state index is 12.5. The second-order valence-corrected chi connectivity index (χ2v) is 7.54. The van der Waals surface area contributed by atoms with Crippen molar-refractivity contribution in [3.8, 4) is 0 Å². The molecule has 1 aliphatic heterocycles. The van der Waals surface area contributed by atoms with Crippen molar-refractivity contribution in [2.45, 2.75) is 83.3 Å². The summed E-state index contributed by atoms with van der Waals surface area (Å²) in [5.41, 5.74) is -0.103. The standard InChI is InChI=1S/C17H28O2/c1-4-5-6-14-15(18)10-9-12-7-8-13-11-17(12,14)19-16(13,2)3/h12-14H,4-11H2,1-3H3/t12?,13-,14+,17-/m1/s1. The van der Waals surface area contributed by atoms with Crippen molar-refractivity contribution in [1.29, 1.82) is 0 Å². The van der Waals surface area contributed by atoms with Crippen molar-refractivity contribution in [3.05, 3.63) is 0 Å². The van der Waals surface area contributed by atoms with Crippen LogP contribution in [0.2, 0.25) is 0 Å². The van der Waals surface area contributed by atoms with Gasteiger partial charge in [0.15, 0.2) is 0 Å². The molecule has 1 heterocycles. The van der Waals surface area contributed by atoms with Gasteiger partial charge in [-0.3, -0.25) is 4.79 Å². The van der Waals surface area contributed by atoms with Crippen LogP contribution in [0.1, 0.15) is 72.1 Å². The molecule has 108 valence electrons. The average molecular weight is 264 g/mol. The first-order valence-corrected chi connectivity index (χ1v) is 8.22. The van der Waals surface area contributed by atoms with E-state index in [0.717, 1.165) is 25.7 Å². The summed E-state index contributed by atoms with van der Waals surface area (Å²) in [5, 5.41) is 0. The Balaban J connectivity index is 1.91. The summed E-state index contributed by atoms with van der Waals surface area (Å²) in [6, 6.07) is 0. The number of ketones is 1. The number of fused-ring (bicyclic) bond motifs is 1. The second kappa shape index (κ2) is 4.58. The molecule has 2 aliphatic carbocycles. The van der Waals surface area contributed by atoms with Gasteiger partial charge < -0.3 is 4.74 Å². The Bertz CT molecular complexity index is 373. The van der Waals surface area contributed by atoms with Crippen LogP contribution in [0.5, 0.6) is 0 Å². The van der Waals surface area contributed by atoms with Crippen molar-refractivity contribution < 1.29 is 9.53 Å². The molecule has 2 heteroatoms. The molecule has 1 saturated heterocycles. The van der Waals surface area contributed by atoms with E-state index < -0.39 is 0 Å². The topological polar surface area (TPSA) is 26.3 Å². The fourth-order valence-corrected chi connectivity index (χ4v) is 5.06. The van der Waals surface area contributed by atoms with Gasteiger partial charge in [-0.1, -0.05) is 19.8 Å². The molecule has 1 unspecified atom stereocenters. The van der Waals surface area contributed by atoms with Crippen LogP contribution >= 0.6 is 0 Å². The zero-order chi connectivity index (χ0) is 13.7. The minimum Gasteiger partial charge on any atom is -0.368 e. The molecule has 0 aromatic rings. The average Bonchev–Trinajstić information content (AvgIpc) is 2.56. The molecule has 2 nitrogen and oxygen atoms in total. The normalized spacial score (nSPS) is 44.2. The van der Waals surface area contributed by atoms with Crippen LogP contribution in [0.4, 0.5) is 0 Å². The number of carbonyl (C=O) groups is 1. The molecule has 3 aliphatic rings. The highest BCUT2D eigenvalue weighted by Crippen LogP contribution is 2.60. The summed E-state index contributed by atoms with van der Waals surface area (Å²) in [4.78, 5) is 12.5. The molecule has 0 aromatic carbocycles. The van der Waals surface area contributed by atoms with E-state index in [2.05, 4.69) is 20.8 Å². The summed E-state index contributed by atoms with van der Waals surface area (Å²) in [6.45, 7) is 6.70. The van der Waals surface area contributed by atoms with Crippen molar-refractivity contribution in [1.82, 2.24) is 0 Å². The molecule has 0 N–H and O–H groups in total. The van der Waals surface area contributed by atoms with Gasteiger partial charge in [-0.2, -0.15) is 0 Å². The Morgan fingerprint density at radius 2 is 1.95 bits per heavy atom. The van der Waals surface area contributed by atoms with Crippen molar-refractivity contribution in [2.75, 3.05) is 0 Å². The van der Waals surface area contributed by atoms with E-state index in [9.17, 15) is 4.79 Å². The number of hydrogen-bond acceptors (Lipinski definition) is 2. The lowest BCUT2D eigenvalue weighted by Crippen LogP contribution is -2.53. The minimum absolute atomic E-state index is 0.0170. The molecule has 3 rings (SSSR count). The molecule has 1 spiro atoms. The zero-order valence-electron chi connectivity index (χ0n) is 12.7. The van der Waals surface area contributed by atoms with Gasteiger partial charge in [-0.05, 0) is 57.8 Å². The molecule has 2 saturated carbocycles. The highest BCUT2D eigenvalue weighted by Gasteiger charge is 2.62. The van der Waals surface area contributed by atoms with Gasteiger partial charge >= 0.3 is 0 Å². The van der Waals surface area contributed by atoms with E-state index >= 15 is 0 Å². The van der Waals surface area contributed by atoms with E-state index in [1.54, 1.807) is 0 Å². The van der Waals surface area contributed by atoms with E-state index in [-0.39, 0.29) is 17.1 Å². The SMILES string of the molecule is CCCC[C@H]1C(=O)CCC2CC[C@@H]3C[C@@]21OC3(C)C. The first kappa shape index (κ1) is 13.6. The Kier molecular flexibility index (Phi) is 3.28. The van der Waals surface area contributed by atoms with Gasteiger partial charge in [0.1, 0.15) is 5.78 Å². The quantitative estimate of drug-likeness (QED) is 0.766. The molecule has 2 bridgehead atoms. The van der Waals surface area contributed by atoms with E-state index in [0.29, 0.717) is 17.6 Å². The maximum Gasteiger partial charge on any atom is 0.138 e. The Morgan fingerprint density at radius 3 is 2.68 bits per heavy atom. The maximum atomic E-state index is 12.5. The fourth-order valence-electron chi connectivity index (χ4n) is 5.06. The first-order valence-electron chi connectivity index (χ1n) is 8.22. The van der Waals surface area contributed by atoms with Gasteiger partial charge in [0, 0.05) is 12.3 Å². The van der Waals surface area contributed by atoms with Crippen LogP contribution in [0.25, 0.3) is 0 Å². The molecule has 0 radical (unpaired) electrons. The third-order valence-electron chi connectivity index (χ3n) is 6.12. The van der Waals surface area contributed by atoms with Crippen LogP contribution in [-0.2, 0) is 9.53 Å². The summed E-state index contributed by atoms with van der Waals surface area (Å²) in [6.07, 6.45) is 8.99. The third-order valence-corrected chi connectivity index (χ3v) is 6.12. The number of rotatable bonds is 3. The Morgan fingerprint density at radius 1 is 1.21 bits per heavy atom. The monoisotopic (exact) mass is 264 g/mol. The lowest BCUT2D eigenvalue weighted by atomic mass is 9.59. The van der Waals surface area contributed by atoms with Gasteiger partial charge in [0.05, 0.1) is 11.2 Å². The van der Waals surface area contributed by atoms with Crippen LogP contribution in [0, 0.1) is 17.8 Å².